The third-order valence-corrected chi connectivity index (χ3v) is 6.90. The van der Waals surface area contributed by atoms with Crippen LogP contribution in [-0.4, -0.2) is 64.2 Å². The van der Waals surface area contributed by atoms with E-state index in [4.69, 9.17) is 14.9 Å². The first-order valence-corrected chi connectivity index (χ1v) is 12.7. The molecule has 0 saturated carbocycles. The van der Waals surface area contributed by atoms with Crippen LogP contribution in [0.2, 0.25) is 0 Å². The number of ether oxygens (including phenoxy) is 1. The number of carbonyl (C=O) groups excluding carboxylic acids is 1. The molecule has 3 heterocycles. The molecule has 7 heteroatoms. The molecule has 37 heavy (non-hydrogen) atoms. The van der Waals surface area contributed by atoms with Gasteiger partial charge in [0.05, 0.1) is 42.9 Å². The van der Waals surface area contributed by atoms with Gasteiger partial charge in [-0.1, -0.05) is 78.9 Å². The number of aromatic nitrogens is 2. The minimum atomic E-state index is -0.253. The van der Waals surface area contributed by atoms with Gasteiger partial charge in [-0.15, -0.1) is 0 Å². The second-order valence-electron chi connectivity index (χ2n) is 9.34. The first kappa shape index (κ1) is 23.3. The quantitative estimate of drug-likeness (QED) is 0.397. The Kier molecular flexibility index (Phi) is 6.62. The van der Waals surface area contributed by atoms with Crippen molar-refractivity contribution in [2.45, 2.75) is 12.5 Å². The van der Waals surface area contributed by atoms with Crippen molar-refractivity contribution >= 4 is 11.6 Å². The maximum atomic E-state index is 13.7. The van der Waals surface area contributed by atoms with E-state index in [-0.39, 0.29) is 11.9 Å². The van der Waals surface area contributed by atoms with Gasteiger partial charge in [-0.25, -0.2) is 9.69 Å². The Balaban J connectivity index is 1.41. The third kappa shape index (κ3) is 4.96. The van der Waals surface area contributed by atoms with Crippen LogP contribution in [0.15, 0.2) is 102 Å². The predicted molar refractivity (Wildman–Crippen MR) is 143 cm³/mol. The van der Waals surface area contributed by atoms with E-state index in [0.717, 1.165) is 46.9 Å². The number of carbonyl (C=O) groups is 1. The zero-order chi connectivity index (χ0) is 25.0. The summed E-state index contributed by atoms with van der Waals surface area (Å²) in [7, 11) is 0. The lowest BCUT2D eigenvalue weighted by Crippen LogP contribution is -2.43. The molecule has 7 nitrogen and oxygen atoms in total. The smallest absolute Gasteiger partial charge is 0.257 e. The van der Waals surface area contributed by atoms with E-state index in [1.54, 1.807) is 5.01 Å². The fourth-order valence-electron chi connectivity index (χ4n) is 4.98. The second-order valence-corrected chi connectivity index (χ2v) is 9.34. The number of amides is 1. The van der Waals surface area contributed by atoms with Crippen molar-refractivity contribution in [3.05, 3.63) is 108 Å². The minimum Gasteiger partial charge on any atom is -0.379 e. The van der Waals surface area contributed by atoms with Crippen LogP contribution in [0.5, 0.6) is 0 Å². The Morgan fingerprint density at radius 3 is 2.14 bits per heavy atom. The number of para-hydroxylation sites is 1. The SMILES string of the molecule is O=C(CN1CCOCC1)N1N=C(c2ccccc2)C[C@@H]1c1cn(-c2ccccc2)nc1-c1ccccc1. The van der Waals surface area contributed by atoms with E-state index in [0.29, 0.717) is 26.2 Å². The van der Waals surface area contributed by atoms with E-state index in [1.165, 1.54) is 0 Å². The van der Waals surface area contributed by atoms with Crippen molar-refractivity contribution in [2.75, 3.05) is 32.8 Å². The zero-order valence-corrected chi connectivity index (χ0v) is 20.6. The topological polar surface area (TPSA) is 63.0 Å². The molecule has 6 rings (SSSR count). The van der Waals surface area contributed by atoms with E-state index in [9.17, 15) is 4.79 Å². The molecule has 0 aliphatic carbocycles. The van der Waals surface area contributed by atoms with Gasteiger partial charge in [0.25, 0.3) is 5.91 Å². The zero-order valence-electron chi connectivity index (χ0n) is 20.6. The molecule has 4 aromatic rings. The van der Waals surface area contributed by atoms with Crippen molar-refractivity contribution < 1.29 is 9.53 Å². The predicted octanol–water partition coefficient (Wildman–Crippen LogP) is 4.55. The molecular formula is C30H29N5O2. The van der Waals surface area contributed by atoms with Crippen LogP contribution in [0.4, 0.5) is 0 Å². The van der Waals surface area contributed by atoms with Crippen LogP contribution in [0.1, 0.15) is 23.6 Å². The molecule has 0 unspecified atom stereocenters. The molecule has 2 aliphatic heterocycles. The summed E-state index contributed by atoms with van der Waals surface area (Å²) < 4.78 is 7.38. The average Bonchev–Trinajstić information content (AvgIpc) is 3.61. The summed E-state index contributed by atoms with van der Waals surface area (Å²) >= 11 is 0. The highest BCUT2D eigenvalue weighted by Gasteiger charge is 2.36. The van der Waals surface area contributed by atoms with Crippen molar-refractivity contribution in [1.29, 1.82) is 0 Å². The van der Waals surface area contributed by atoms with Gasteiger partial charge in [0, 0.05) is 36.8 Å². The molecule has 186 valence electrons. The maximum Gasteiger partial charge on any atom is 0.257 e. The second kappa shape index (κ2) is 10.5. The highest BCUT2D eigenvalue weighted by Crippen LogP contribution is 2.38. The molecule has 2 aliphatic rings. The van der Waals surface area contributed by atoms with Crippen LogP contribution in [0, 0.1) is 0 Å². The van der Waals surface area contributed by atoms with Gasteiger partial charge in [-0.3, -0.25) is 9.69 Å². The number of hydrogen-bond donors (Lipinski definition) is 0. The maximum absolute atomic E-state index is 13.7. The van der Waals surface area contributed by atoms with Crippen molar-refractivity contribution in [1.82, 2.24) is 19.7 Å². The van der Waals surface area contributed by atoms with Crippen LogP contribution in [0.3, 0.4) is 0 Å². The first-order valence-electron chi connectivity index (χ1n) is 12.7. The summed E-state index contributed by atoms with van der Waals surface area (Å²) in [6, 6.07) is 30.1. The van der Waals surface area contributed by atoms with Crippen molar-refractivity contribution in [3.8, 4) is 16.9 Å². The largest absolute Gasteiger partial charge is 0.379 e. The van der Waals surface area contributed by atoms with Crippen LogP contribution >= 0.6 is 0 Å². The summed E-state index contributed by atoms with van der Waals surface area (Å²) in [5.41, 5.74) is 5.78. The summed E-state index contributed by atoms with van der Waals surface area (Å²) in [4.78, 5) is 15.9. The lowest BCUT2D eigenvalue weighted by Gasteiger charge is -2.29. The molecule has 1 aromatic heterocycles. The lowest BCUT2D eigenvalue weighted by molar-refractivity contribution is -0.135. The summed E-state index contributed by atoms with van der Waals surface area (Å²) in [6.45, 7) is 3.12. The molecule has 1 amide bonds. The molecule has 0 spiro atoms. The van der Waals surface area contributed by atoms with E-state index < -0.39 is 0 Å². The van der Waals surface area contributed by atoms with Gasteiger partial charge < -0.3 is 4.74 Å². The highest BCUT2D eigenvalue weighted by molar-refractivity contribution is 6.03. The Morgan fingerprint density at radius 1 is 0.838 bits per heavy atom. The number of hydrazone groups is 1. The molecule has 1 atom stereocenters. The Labute approximate surface area is 216 Å². The number of hydrogen-bond acceptors (Lipinski definition) is 5. The summed E-state index contributed by atoms with van der Waals surface area (Å²) in [5.74, 6) is -0.00990. The average molecular weight is 492 g/mol. The van der Waals surface area contributed by atoms with E-state index in [1.807, 2.05) is 71.4 Å². The summed E-state index contributed by atoms with van der Waals surface area (Å²) in [5, 5.41) is 11.6. The van der Waals surface area contributed by atoms with E-state index >= 15 is 0 Å². The summed E-state index contributed by atoms with van der Waals surface area (Å²) in [6.07, 6.45) is 2.68. The van der Waals surface area contributed by atoms with Gasteiger partial charge in [-0.2, -0.15) is 10.2 Å². The van der Waals surface area contributed by atoms with Gasteiger partial charge in [0.1, 0.15) is 0 Å². The Bertz CT molecular complexity index is 1380. The van der Waals surface area contributed by atoms with Crippen LogP contribution < -0.4 is 0 Å². The fourth-order valence-corrected chi connectivity index (χ4v) is 4.98. The Hall–Kier alpha value is -4.07. The van der Waals surface area contributed by atoms with Crippen molar-refractivity contribution in [2.24, 2.45) is 5.10 Å². The molecule has 0 bridgehead atoms. The fraction of sp³-hybridized carbons (Fsp3) is 0.233. The lowest BCUT2D eigenvalue weighted by atomic mass is 9.96. The first-order chi connectivity index (χ1) is 18.3. The number of rotatable bonds is 6. The molecular weight excluding hydrogens is 462 g/mol. The van der Waals surface area contributed by atoms with Gasteiger partial charge >= 0.3 is 0 Å². The monoisotopic (exact) mass is 491 g/mol. The third-order valence-electron chi connectivity index (χ3n) is 6.90. The van der Waals surface area contributed by atoms with Gasteiger partial charge in [0.15, 0.2) is 0 Å². The normalized spacial score (nSPS) is 18.1. The molecule has 1 saturated heterocycles. The molecule has 3 aromatic carbocycles. The molecule has 0 N–H and O–H groups in total. The van der Waals surface area contributed by atoms with E-state index in [2.05, 4.69) is 35.4 Å². The number of morpholine rings is 1. The van der Waals surface area contributed by atoms with Gasteiger partial charge in [-0.05, 0) is 17.7 Å². The Morgan fingerprint density at radius 2 is 1.46 bits per heavy atom. The highest BCUT2D eigenvalue weighted by atomic mass is 16.5. The standard InChI is InChI=1S/C30H29N5O2/c36-29(22-33-16-18-37-19-17-33)35-28(20-27(31-35)23-10-4-1-5-11-23)26-21-34(25-14-8-3-9-15-25)32-30(26)24-12-6-2-7-13-24/h1-15,21,28H,16-20,22H2/t28-/m1/s1. The number of nitrogens with zero attached hydrogens (tertiary/aromatic N) is 5. The van der Waals surface area contributed by atoms with Crippen LogP contribution in [0.25, 0.3) is 16.9 Å². The van der Waals surface area contributed by atoms with Crippen LogP contribution in [-0.2, 0) is 9.53 Å². The van der Waals surface area contributed by atoms with Gasteiger partial charge in [0.2, 0.25) is 0 Å². The molecule has 1 fully saturated rings. The minimum absolute atomic E-state index is 0.00990. The molecule has 0 radical (unpaired) electrons. The van der Waals surface area contributed by atoms with Crippen molar-refractivity contribution in [3.63, 3.8) is 0 Å². The number of benzene rings is 3.